The molecule has 1 aliphatic carbocycles. The summed E-state index contributed by atoms with van der Waals surface area (Å²) in [6, 6.07) is 14.4. The molecule has 1 aliphatic rings. The van der Waals surface area contributed by atoms with E-state index in [0.717, 1.165) is 29.2 Å². The summed E-state index contributed by atoms with van der Waals surface area (Å²) in [5.41, 5.74) is 0.823. The monoisotopic (exact) mass is 284 g/mol. The van der Waals surface area contributed by atoms with Gasteiger partial charge in [-0.1, -0.05) is 36.4 Å². The zero-order chi connectivity index (χ0) is 14.7. The summed E-state index contributed by atoms with van der Waals surface area (Å²) in [6.45, 7) is 0.568. The lowest BCUT2D eigenvalue weighted by atomic mass is 10.0. The lowest BCUT2D eigenvalue weighted by molar-refractivity contribution is -0.120. The molecule has 3 N–H and O–H groups in total. The van der Waals surface area contributed by atoms with Crippen LogP contribution in [0.3, 0.4) is 0 Å². The maximum Gasteiger partial charge on any atom is 0.234 e. The first-order valence-electron chi connectivity index (χ1n) is 7.39. The van der Waals surface area contributed by atoms with Crippen LogP contribution in [0.2, 0.25) is 0 Å². The van der Waals surface area contributed by atoms with Crippen LogP contribution in [0.5, 0.6) is 0 Å². The lowest BCUT2D eigenvalue weighted by Gasteiger charge is -2.13. The van der Waals surface area contributed by atoms with Crippen molar-refractivity contribution in [1.29, 1.82) is 0 Å². The summed E-state index contributed by atoms with van der Waals surface area (Å²) in [7, 11) is 0. The van der Waals surface area contributed by atoms with Crippen LogP contribution < -0.4 is 10.6 Å². The van der Waals surface area contributed by atoms with Crippen LogP contribution in [-0.4, -0.2) is 30.1 Å². The summed E-state index contributed by atoms with van der Waals surface area (Å²) in [4.78, 5) is 11.6. The molecular weight excluding hydrogens is 264 g/mol. The van der Waals surface area contributed by atoms with Gasteiger partial charge in [0.2, 0.25) is 5.91 Å². The summed E-state index contributed by atoms with van der Waals surface area (Å²) in [5.74, 6) is -0.0678. The molecule has 110 valence electrons. The Balaban J connectivity index is 1.55. The smallest absolute Gasteiger partial charge is 0.234 e. The Bertz CT molecular complexity index is 637. The standard InChI is InChI=1S/C17H20N2O2/c20-16(10-19-17(21)11-18-15-7-8-15)14-6-5-12-3-1-2-4-13(12)9-14/h1-6,9,15-16,18,20H,7-8,10-11H2,(H,19,21). The second-order valence-corrected chi connectivity index (χ2v) is 5.58. The van der Waals surface area contributed by atoms with E-state index in [1.165, 1.54) is 0 Å². The third-order valence-corrected chi connectivity index (χ3v) is 3.78. The van der Waals surface area contributed by atoms with Crippen molar-refractivity contribution in [2.75, 3.05) is 13.1 Å². The molecule has 1 saturated carbocycles. The summed E-state index contributed by atoms with van der Waals surface area (Å²) >= 11 is 0. The van der Waals surface area contributed by atoms with Gasteiger partial charge in [0.1, 0.15) is 0 Å². The normalized spacial score (nSPS) is 15.9. The van der Waals surface area contributed by atoms with Crippen LogP contribution in [0.15, 0.2) is 42.5 Å². The van der Waals surface area contributed by atoms with Gasteiger partial charge in [-0.25, -0.2) is 0 Å². The highest BCUT2D eigenvalue weighted by Crippen LogP contribution is 2.20. The fourth-order valence-electron chi connectivity index (χ4n) is 2.33. The average Bonchev–Trinajstić information content (AvgIpc) is 3.34. The highest BCUT2D eigenvalue weighted by molar-refractivity contribution is 5.83. The van der Waals surface area contributed by atoms with Gasteiger partial charge in [-0.3, -0.25) is 4.79 Å². The molecule has 0 saturated heterocycles. The number of carbonyl (C=O) groups is 1. The van der Waals surface area contributed by atoms with E-state index in [9.17, 15) is 9.90 Å². The number of fused-ring (bicyclic) bond motifs is 1. The van der Waals surface area contributed by atoms with Crippen molar-refractivity contribution < 1.29 is 9.90 Å². The van der Waals surface area contributed by atoms with Crippen molar-refractivity contribution in [1.82, 2.24) is 10.6 Å². The maximum absolute atomic E-state index is 11.6. The molecule has 2 aromatic rings. The number of carbonyl (C=O) groups excluding carboxylic acids is 1. The second-order valence-electron chi connectivity index (χ2n) is 5.58. The minimum atomic E-state index is -0.681. The van der Waals surface area contributed by atoms with Crippen molar-refractivity contribution in [3.05, 3.63) is 48.0 Å². The molecule has 3 rings (SSSR count). The van der Waals surface area contributed by atoms with Gasteiger partial charge in [0.25, 0.3) is 0 Å². The van der Waals surface area contributed by atoms with E-state index < -0.39 is 6.10 Å². The molecule has 4 nitrogen and oxygen atoms in total. The van der Waals surface area contributed by atoms with Crippen LogP contribution in [-0.2, 0) is 4.79 Å². The Labute approximate surface area is 124 Å². The molecule has 4 heteroatoms. The van der Waals surface area contributed by atoms with Crippen LogP contribution in [0.1, 0.15) is 24.5 Å². The van der Waals surface area contributed by atoms with Gasteiger partial charge < -0.3 is 15.7 Å². The number of nitrogens with one attached hydrogen (secondary N) is 2. The van der Waals surface area contributed by atoms with E-state index >= 15 is 0 Å². The molecule has 0 radical (unpaired) electrons. The second kappa shape index (κ2) is 6.24. The van der Waals surface area contributed by atoms with Crippen molar-refractivity contribution in [2.45, 2.75) is 25.0 Å². The van der Waals surface area contributed by atoms with Crippen molar-refractivity contribution in [2.24, 2.45) is 0 Å². The molecule has 1 unspecified atom stereocenters. The Hall–Kier alpha value is -1.91. The average molecular weight is 284 g/mol. The third kappa shape index (κ3) is 3.80. The summed E-state index contributed by atoms with van der Waals surface area (Å²) in [6.07, 6.45) is 1.64. The van der Waals surface area contributed by atoms with E-state index in [4.69, 9.17) is 0 Å². The van der Waals surface area contributed by atoms with Crippen LogP contribution in [0.4, 0.5) is 0 Å². The molecule has 2 aromatic carbocycles. The molecule has 0 spiro atoms. The van der Waals surface area contributed by atoms with Gasteiger partial charge in [0, 0.05) is 12.6 Å². The topological polar surface area (TPSA) is 61.4 Å². The van der Waals surface area contributed by atoms with Gasteiger partial charge in [-0.15, -0.1) is 0 Å². The maximum atomic E-state index is 11.6. The van der Waals surface area contributed by atoms with Gasteiger partial charge >= 0.3 is 0 Å². The fraction of sp³-hybridized carbons (Fsp3) is 0.353. The van der Waals surface area contributed by atoms with E-state index in [2.05, 4.69) is 10.6 Å². The molecule has 0 aromatic heterocycles. The van der Waals surface area contributed by atoms with E-state index in [1.807, 2.05) is 42.5 Å². The van der Waals surface area contributed by atoms with E-state index in [1.54, 1.807) is 0 Å². The molecule has 21 heavy (non-hydrogen) atoms. The minimum absolute atomic E-state index is 0.0678. The summed E-state index contributed by atoms with van der Waals surface area (Å²) < 4.78 is 0. The Morgan fingerprint density at radius 1 is 1.19 bits per heavy atom. The molecule has 1 atom stereocenters. The molecule has 1 amide bonds. The first-order valence-corrected chi connectivity index (χ1v) is 7.39. The van der Waals surface area contributed by atoms with Gasteiger partial charge in [-0.2, -0.15) is 0 Å². The van der Waals surface area contributed by atoms with Gasteiger partial charge in [-0.05, 0) is 35.2 Å². The highest BCUT2D eigenvalue weighted by atomic mass is 16.3. The quantitative estimate of drug-likeness (QED) is 0.757. The van der Waals surface area contributed by atoms with Crippen LogP contribution in [0.25, 0.3) is 10.8 Å². The number of benzene rings is 2. The Kier molecular flexibility index (Phi) is 4.18. The first kappa shape index (κ1) is 14.0. The molecular formula is C17H20N2O2. The largest absolute Gasteiger partial charge is 0.387 e. The zero-order valence-electron chi connectivity index (χ0n) is 11.9. The number of aliphatic hydroxyl groups excluding tert-OH is 1. The Morgan fingerprint density at radius 3 is 2.71 bits per heavy atom. The number of amides is 1. The third-order valence-electron chi connectivity index (χ3n) is 3.78. The zero-order valence-corrected chi connectivity index (χ0v) is 11.9. The highest BCUT2D eigenvalue weighted by Gasteiger charge is 2.21. The first-order chi connectivity index (χ1) is 10.2. The number of hydrogen-bond acceptors (Lipinski definition) is 3. The Morgan fingerprint density at radius 2 is 1.95 bits per heavy atom. The predicted octanol–water partition coefficient (Wildman–Crippen LogP) is 1.74. The molecule has 1 fully saturated rings. The van der Waals surface area contributed by atoms with Crippen molar-refractivity contribution >= 4 is 16.7 Å². The minimum Gasteiger partial charge on any atom is -0.387 e. The van der Waals surface area contributed by atoms with E-state index in [-0.39, 0.29) is 12.5 Å². The molecule has 0 aliphatic heterocycles. The van der Waals surface area contributed by atoms with Gasteiger partial charge in [0.05, 0.1) is 12.6 Å². The molecule has 0 heterocycles. The van der Waals surface area contributed by atoms with Crippen molar-refractivity contribution in [3.63, 3.8) is 0 Å². The summed E-state index contributed by atoms with van der Waals surface area (Å²) in [5, 5.41) is 18.3. The number of hydrogen-bond donors (Lipinski definition) is 3. The number of rotatable bonds is 6. The van der Waals surface area contributed by atoms with Gasteiger partial charge in [0.15, 0.2) is 0 Å². The van der Waals surface area contributed by atoms with E-state index in [0.29, 0.717) is 12.6 Å². The van der Waals surface area contributed by atoms with Crippen molar-refractivity contribution in [3.8, 4) is 0 Å². The number of aliphatic hydroxyl groups is 1. The van der Waals surface area contributed by atoms with Crippen LogP contribution in [0, 0.1) is 0 Å². The predicted molar refractivity (Wildman–Crippen MR) is 82.9 cm³/mol. The molecule has 0 bridgehead atoms. The van der Waals surface area contributed by atoms with Crippen LogP contribution >= 0.6 is 0 Å². The SMILES string of the molecule is O=C(CNC1CC1)NCC(O)c1ccc2ccccc2c1. The fourth-order valence-corrected chi connectivity index (χ4v) is 2.33. The lowest BCUT2D eigenvalue weighted by Crippen LogP contribution is -2.36.